The van der Waals surface area contributed by atoms with Crippen molar-refractivity contribution in [3.63, 3.8) is 0 Å². The van der Waals surface area contributed by atoms with Crippen molar-refractivity contribution in [1.29, 1.82) is 0 Å². The van der Waals surface area contributed by atoms with Crippen molar-refractivity contribution in [2.75, 3.05) is 18.9 Å². The molecule has 0 aliphatic rings. The summed E-state index contributed by atoms with van der Waals surface area (Å²) < 4.78 is 44.4. The monoisotopic (exact) mass is 302 g/mol. The van der Waals surface area contributed by atoms with Gasteiger partial charge in [-0.1, -0.05) is 0 Å². The van der Waals surface area contributed by atoms with E-state index in [1.807, 2.05) is 0 Å². The average molecular weight is 302 g/mol. The molecule has 1 aromatic heterocycles. The number of amides is 1. The van der Waals surface area contributed by atoms with Gasteiger partial charge in [0.05, 0.1) is 23.2 Å². The highest BCUT2D eigenvalue weighted by molar-refractivity contribution is 5.79. The Morgan fingerprint density at radius 1 is 1.38 bits per heavy atom. The highest BCUT2D eigenvalue weighted by Gasteiger charge is 2.31. The number of rotatable bonds is 5. The molecule has 9 heteroatoms. The second-order valence-corrected chi connectivity index (χ2v) is 4.34. The molecule has 0 aliphatic heterocycles. The number of imidazole rings is 1. The van der Waals surface area contributed by atoms with E-state index in [1.54, 1.807) is 0 Å². The van der Waals surface area contributed by atoms with Crippen LogP contribution >= 0.6 is 0 Å². The fraction of sp³-hybridized carbons (Fsp3) is 0.333. The van der Waals surface area contributed by atoms with Gasteiger partial charge in [0, 0.05) is 6.54 Å². The van der Waals surface area contributed by atoms with E-state index in [0.29, 0.717) is 5.52 Å². The van der Waals surface area contributed by atoms with Crippen LogP contribution < -0.4 is 11.5 Å². The first-order valence-electron chi connectivity index (χ1n) is 5.98. The first-order chi connectivity index (χ1) is 9.79. The Balaban J connectivity index is 2.21. The molecule has 114 valence electrons. The van der Waals surface area contributed by atoms with Gasteiger partial charge >= 0.3 is 6.18 Å². The summed E-state index contributed by atoms with van der Waals surface area (Å²) in [6.07, 6.45) is -4.43. The van der Waals surface area contributed by atoms with Gasteiger partial charge in [0.25, 0.3) is 0 Å². The predicted molar refractivity (Wildman–Crippen MR) is 69.2 cm³/mol. The lowest BCUT2D eigenvalue weighted by Crippen LogP contribution is -2.20. The highest BCUT2D eigenvalue weighted by Crippen LogP contribution is 2.31. The first kappa shape index (κ1) is 15.1. The molecule has 6 nitrogen and oxygen atoms in total. The lowest BCUT2D eigenvalue weighted by Gasteiger charge is -2.08. The molecule has 0 saturated heterocycles. The normalized spacial score (nSPS) is 12.0. The Morgan fingerprint density at radius 3 is 2.71 bits per heavy atom. The fourth-order valence-electron chi connectivity index (χ4n) is 1.89. The number of benzene rings is 1. The lowest BCUT2D eigenvalue weighted by molar-refractivity contribution is -0.137. The number of halogens is 3. The number of carbonyl (C=O) groups is 1. The van der Waals surface area contributed by atoms with Crippen LogP contribution in [0.4, 0.5) is 19.1 Å². The largest absolute Gasteiger partial charge is 0.416 e. The van der Waals surface area contributed by atoms with Gasteiger partial charge in [-0.2, -0.15) is 13.2 Å². The van der Waals surface area contributed by atoms with Crippen molar-refractivity contribution in [2.24, 2.45) is 5.73 Å². The van der Waals surface area contributed by atoms with Crippen molar-refractivity contribution < 1.29 is 22.7 Å². The van der Waals surface area contributed by atoms with Gasteiger partial charge < -0.3 is 20.8 Å². The number of nitrogens with two attached hydrogens (primary N) is 2. The van der Waals surface area contributed by atoms with Gasteiger partial charge in [-0.3, -0.25) is 4.79 Å². The van der Waals surface area contributed by atoms with Crippen molar-refractivity contribution >= 4 is 22.9 Å². The third-order valence-corrected chi connectivity index (χ3v) is 2.81. The van der Waals surface area contributed by atoms with Crippen LogP contribution in [0.15, 0.2) is 18.2 Å². The van der Waals surface area contributed by atoms with Crippen LogP contribution in [0.25, 0.3) is 11.0 Å². The van der Waals surface area contributed by atoms with Gasteiger partial charge in [-0.15, -0.1) is 0 Å². The van der Waals surface area contributed by atoms with Crippen molar-refractivity contribution in [2.45, 2.75) is 12.7 Å². The molecule has 1 aromatic carbocycles. The second-order valence-electron chi connectivity index (χ2n) is 4.34. The molecule has 0 radical (unpaired) electrons. The number of carbonyl (C=O) groups excluding carboxylic acids is 1. The Hall–Kier alpha value is -2.29. The molecular weight excluding hydrogens is 289 g/mol. The van der Waals surface area contributed by atoms with E-state index in [2.05, 4.69) is 4.98 Å². The van der Waals surface area contributed by atoms with E-state index in [1.165, 1.54) is 10.6 Å². The maximum atomic E-state index is 12.6. The van der Waals surface area contributed by atoms with Gasteiger partial charge in [0.1, 0.15) is 6.61 Å². The third-order valence-electron chi connectivity index (χ3n) is 2.81. The van der Waals surface area contributed by atoms with Crippen molar-refractivity contribution in [1.82, 2.24) is 9.55 Å². The SMILES string of the molecule is NC(=O)COCCn1c(N)nc2cc(C(F)(F)F)ccc21. The number of hydrogen-bond donors (Lipinski definition) is 2. The molecule has 1 heterocycles. The smallest absolute Gasteiger partial charge is 0.370 e. The molecule has 2 aromatic rings. The summed E-state index contributed by atoms with van der Waals surface area (Å²) >= 11 is 0. The summed E-state index contributed by atoms with van der Waals surface area (Å²) in [5, 5.41) is 0. The average Bonchev–Trinajstić information content (AvgIpc) is 2.68. The van der Waals surface area contributed by atoms with E-state index in [9.17, 15) is 18.0 Å². The summed E-state index contributed by atoms with van der Waals surface area (Å²) in [5.41, 5.74) is 10.4. The predicted octanol–water partition coefficient (Wildman–Crippen LogP) is 1.14. The molecule has 0 fully saturated rings. The summed E-state index contributed by atoms with van der Waals surface area (Å²) in [6.45, 7) is 0.158. The molecule has 2 rings (SSSR count). The maximum absolute atomic E-state index is 12.6. The molecule has 0 spiro atoms. The minimum absolute atomic E-state index is 0.0759. The zero-order valence-electron chi connectivity index (χ0n) is 10.9. The zero-order chi connectivity index (χ0) is 15.6. The summed E-state index contributed by atoms with van der Waals surface area (Å²) in [7, 11) is 0. The number of primary amides is 1. The fourth-order valence-corrected chi connectivity index (χ4v) is 1.89. The van der Waals surface area contributed by atoms with Crippen LogP contribution in [0.5, 0.6) is 0 Å². The molecular formula is C12H13F3N4O2. The Labute approximate surface area is 117 Å². The number of aromatic nitrogens is 2. The minimum atomic E-state index is -4.43. The quantitative estimate of drug-likeness (QED) is 0.809. The standard InChI is InChI=1S/C12H13F3N4O2/c13-12(14,15)7-1-2-9-8(5-7)18-11(17)19(9)3-4-21-6-10(16)20/h1-2,5H,3-4,6H2,(H2,16,20)(H2,17,18). The molecule has 0 saturated carbocycles. The number of fused-ring (bicyclic) bond motifs is 1. The van der Waals surface area contributed by atoms with Gasteiger partial charge in [-0.25, -0.2) is 4.98 Å². The topological polar surface area (TPSA) is 96.2 Å². The van der Waals surface area contributed by atoms with E-state index in [-0.39, 0.29) is 31.2 Å². The van der Waals surface area contributed by atoms with E-state index >= 15 is 0 Å². The summed E-state index contributed by atoms with van der Waals surface area (Å²) in [4.78, 5) is 14.4. The maximum Gasteiger partial charge on any atom is 0.416 e. The Morgan fingerprint density at radius 2 is 2.10 bits per heavy atom. The van der Waals surface area contributed by atoms with E-state index in [0.717, 1.165) is 12.1 Å². The molecule has 0 bridgehead atoms. The third kappa shape index (κ3) is 3.43. The second kappa shape index (κ2) is 5.60. The van der Waals surface area contributed by atoms with Gasteiger partial charge in [0.2, 0.25) is 11.9 Å². The van der Waals surface area contributed by atoms with Crippen LogP contribution in [0, 0.1) is 0 Å². The van der Waals surface area contributed by atoms with Crippen LogP contribution in [-0.2, 0) is 22.3 Å². The zero-order valence-corrected chi connectivity index (χ0v) is 10.9. The van der Waals surface area contributed by atoms with E-state index in [4.69, 9.17) is 16.2 Å². The van der Waals surface area contributed by atoms with Crippen LogP contribution in [0.2, 0.25) is 0 Å². The molecule has 0 aliphatic carbocycles. The van der Waals surface area contributed by atoms with Crippen LogP contribution in [0.1, 0.15) is 5.56 Å². The van der Waals surface area contributed by atoms with Gasteiger partial charge in [0.15, 0.2) is 0 Å². The lowest BCUT2D eigenvalue weighted by atomic mass is 10.2. The van der Waals surface area contributed by atoms with Crippen molar-refractivity contribution in [3.05, 3.63) is 23.8 Å². The highest BCUT2D eigenvalue weighted by atomic mass is 19.4. The van der Waals surface area contributed by atoms with Crippen LogP contribution in [0.3, 0.4) is 0 Å². The Bertz CT molecular complexity index is 666. The summed E-state index contributed by atoms with van der Waals surface area (Å²) in [6, 6.07) is 3.20. The van der Waals surface area contributed by atoms with Crippen molar-refractivity contribution in [3.8, 4) is 0 Å². The minimum Gasteiger partial charge on any atom is -0.370 e. The molecule has 4 N–H and O–H groups in total. The summed E-state index contributed by atoms with van der Waals surface area (Å²) in [5.74, 6) is -0.528. The molecule has 1 amide bonds. The number of ether oxygens (including phenoxy) is 1. The van der Waals surface area contributed by atoms with E-state index < -0.39 is 17.6 Å². The molecule has 0 unspecified atom stereocenters. The number of hydrogen-bond acceptors (Lipinski definition) is 4. The number of alkyl halides is 3. The van der Waals surface area contributed by atoms with Crippen LogP contribution in [-0.4, -0.2) is 28.7 Å². The van der Waals surface area contributed by atoms with Gasteiger partial charge in [-0.05, 0) is 18.2 Å². The Kier molecular flexibility index (Phi) is 4.03. The number of anilines is 1. The number of nitrogen functional groups attached to an aromatic ring is 1. The molecule has 21 heavy (non-hydrogen) atoms. The first-order valence-corrected chi connectivity index (χ1v) is 5.98. The number of nitrogens with zero attached hydrogens (tertiary/aromatic N) is 2. The molecule has 0 atom stereocenters.